The van der Waals surface area contributed by atoms with Crippen LogP contribution in [-0.4, -0.2) is 64.0 Å². The lowest BCUT2D eigenvalue weighted by molar-refractivity contribution is 0.296. The average Bonchev–Trinajstić information content (AvgIpc) is 3.12. The second-order valence-corrected chi connectivity index (χ2v) is 9.22. The van der Waals surface area contributed by atoms with Crippen molar-refractivity contribution in [3.8, 4) is 11.3 Å². The molecular weight excluding hydrogens is 352 g/mol. The number of rotatable bonds is 5. The zero-order valence-corrected chi connectivity index (χ0v) is 16.5. The zero-order valence-electron chi connectivity index (χ0n) is 15.7. The molecule has 1 aliphatic rings. The van der Waals surface area contributed by atoms with Crippen molar-refractivity contribution in [3.05, 3.63) is 30.5 Å². The third-order valence-electron chi connectivity index (χ3n) is 4.69. The van der Waals surface area contributed by atoms with Gasteiger partial charge in [0, 0.05) is 63.3 Å². The van der Waals surface area contributed by atoms with Gasteiger partial charge in [-0.2, -0.15) is 22.1 Å². The van der Waals surface area contributed by atoms with Gasteiger partial charge in [-0.3, -0.25) is 14.6 Å². The van der Waals surface area contributed by atoms with E-state index in [-0.39, 0.29) is 12.0 Å². The van der Waals surface area contributed by atoms with Crippen molar-refractivity contribution in [1.82, 2.24) is 28.4 Å². The standard InChI is InChI=1S/C17H26N6O2S/c1-13(2)23-12-15(10-20-23)17-16(18-7-8-19-17)14-6-5-9-22(11-14)26(24,25)21(3)4/h7-8,10,12-14H,5-6,9,11H2,1-4H3/t14-/m1/s1. The lowest BCUT2D eigenvalue weighted by Gasteiger charge is -2.33. The molecule has 2 aromatic heterocycles. The molecule has 0 N–H and O–H groups in total. The molecule has 0 unspecified atom stereocenters. The van der Waals surface area contributed by atoms with Gasteiger partial charge < -0.3 is 0 Å². The first-order valence-corrected chi connectivity index (χ1v) is 10.2. The minimum atomic E-state index is -3.42. The highest BCUT2D eigenvalue weighted by Gasteiger charge is 2.33. The molecule has 1 fully saturated rings. The smallest absolute Gasteiger partial charge is 0.270 e. The highest BCUT2D eigenvalue weighted by atomic mass is 32.2. The van der Waals surface area contributed by atoms with Gasteiger partial charge in [-0.25, -0.2) is 0 Å². The second kappa shape index (κ2) is 7.42. The van der Waals surface area contributed by atoms with E-state index < -0.39 is 10.2 Å². The van der Waals surface area contributed by atoms with Gasteiger partial charge >= 0.3 is 0 Å². The van der Waals surface area contributed by atoms with Gasteiger partial charge in [0.2, 0.25) is 0 Å². The molecule has 0 bridgehead atoms. The van der Waals surface area contributed by atoms with Gasteiger partial charge in [0.25, 0.3) is 10.2 Å². The minimum absolute atomic E-state index is 0.0181. The van der Waals surface area contributed by atoms with E-state index in [1.807, 2.05) is 10.9 Å². The van der Waals surface area contributed by atoms with E-state index in [0.717, 1.165) is 29.8 Å². The van der Waals surface area contributed by atoms with Crippen LogP contribution in [0.1, 0.15) is 44.3 Å². The number of piperidine rings is 1. The van der Waals surface area contributed by atoms with Crippen molar-refractivity contribution >= 4 is 10.2 Å². The summed E-state index contributed by atoms with van der Waals surface area (Å²) < 4.78 is 29.7. The van der Waals surface area contributed by atoms with Gasteiger partial charge in [0.05, 0.1) is 17.6 Å². The third-order valence-corrected chi connectivity index (χ3v) is 6.60. The molecule has 3 rings (SSSR count). The Morgan fingerprint density at radius 3 is 2.62 bits per heavy atom. The lowest BCUT2D eigenvalue weighted by Crippen LogP contribution is -2.45. The van der Waals surface area contributed by atoms with E-state index in [2.05, 4.69) is 28.9 Å². The third kappa shape index (κ3) is 3.65. The van der Waals surface area contributed by atoms with E-state index in [1.54, 1.807) is 32.7 Å². The SMILES string of the molecule is CC(C)n1cc(-c2nccnc2[C@@H]2CCCN(S(=O)(=O)N(C)C)C2)cn1. The molecule has 1 saturated heterocycles. The Morgan fingerprint density at radius 2 is 1.96 bits per heavy atom. The molecule has 2 aromatic rings. The Bertz CT molecular complexity index is 862. The Morgan fingerprint density at radius 1 is 1.23 bits per heavy atom. The van der Waals surface area contributed by atoms with Crippen LogP contribution >= 0.6 is 0 Å². The highest BCUT2D eigenvalue weighted by Crippen LogP contribution is 2.32. The van der Waals surface area contributed by atoms with Crippen LogP contribution in [0.5, 0.6) is 0 Å². The van der Waals surface area contributed by atoms with Crippen LogP contribution in [0.15, 0.2) is 24.8 Å². The molecule has 0 aromatic carbocycles. The molecule has 26 heavy (non-hydrogen) atoms. The fourth-order valence-electron chi connectivity index (χ4n) is 3.22. The monoisotopic (exact) mass is 378 g/mol. The summed E-state index contributed by atoms with van der Waals surface area (Å²) in [5.74, 6) is 0.0181. The van der Waals surface area contributed by atoms with Crippen LogP contribution in [-0.2, 0) is 10.2 Å². The molecule has 1 atom stereocenters. The van der Waals surface area contributed by atoms with Crippen molar-refractivity contribution in [3.63, 3.8) is 0 Å². The summed E-state index contributed by atoms with van der Waals surface area (Å²) in [7, 11) is -0.298. The largest absolute Gasteiger partial charge is 0.281 e. The normalized spacial score (nSPS) is 19.4. The Balaban J connectivity index is 1.92. The maximum atomic E-state index is 12.5. The summed E-state index contributed by atoms with van der Waals surface area (Å²) in [6.07, 6.45) is 8.80. The molecule has 0 radical (unpaired) electrons. The van der Waals surface area contributed by atoms with Gasteiger partial charge in [-0.1, -0.05) is 0 Å². The van der Waals surface area contributed by atoms with Gasteiger partial charge in [0.1, 0.15) is 0 Å². The fourth-order valence-corrected chi connectivity index (χ4v) is 4.41. The number of aromatic nitrogens is 4. The van der Waals surface area contributed by atoms with Gasteiger partial charge in [-0.15, -0.1) is 0 Å². The molecule has 0 aliphatic carbocycles. The molecule has 9 heteroatoms. The van der Waals surface area contributed by atoms with Crippen molar-refractivity contribution in [1.29, 1.82) is 0 Å². The van der Waals surface area contributed by atoms with E-state index in [1.165, 1.54) is 8.61 Å². The van der Waals surface area contributed by atoms with Gasteiger partial charge in [0.15, 0.2) is 0 Å². The van der Waals surface area contributed by atoms with Crippen LogP contribution < -0.4 is 0 Å². The molecule has 0 amide bonds. The summed E-state index contributed by atoms with van der Waals surface area (Å²) in [6.45, 7) is 5.10. The first kappa shape index (κ1) is 18.9. The highest BCUT2D eigenvalue weighted by molar-refractivity contribution is 7.86. The van der Waals surface area contributed by atoms with Crippen LogP contribution in [0.3, 0.4) is 0 Å². The minimum Gasteiger partial charge on any atom is -0.270 e. The van der Waals surface area contributed by atoms with Crippen molar-refractivity contribution in [2.24, 2.45) is 0 Å². The van der Waals surface area contributed by atoms with Gasteiger partial charge in [-0.05, 0) is 26.7 Å². The van der Waals surface area contributed by atoms with Crippen LogP contribution in [0.4, 0.5) is 0 Å². The summed E-state index contributed by atoms with van der Waals surface area (Å²) in [4.78, 5) is 9.08. The van der Waals surface area contributed by atoms with Crippen molar-refractivity contribution < 1.29 is 8.42 Å². The van der Waals surface area contributed by atoms with Crippen molar-refractivity contribution in [2.75, 3.05) is 27.2 Å². The van der Waals surface area contributed by atoms with E-state index >= 15 is 0 Å². The quantitative estimate of drug-likeness (QED) is 0.793. The Labute approximate surface area is 155 Å². The first-order chi connectivity index (χ1) is 12.3. The molecular formula is C17H26N6O2S. The van der Waals surface area contributed by atoms with E-state index in [4.69, 9.17) is 0 Å². The average molecular weight is 379 g/mol. The van der Waals surface area contributed by atoms with Crippen LogP contribution in [0.2, 0.25) is 0 Å². The van der Waals surface area contributed by atoms with Crippen LogP contribution in [0, 0.1) is 0 Å². The molecule has 142 valence electrons. The predicted molar refractivity (Wildman–Crippen MR) is 99.8 cm³/mol. The summed E-state index contributed by atoms with van der Waals surface area (Å²) in [6, 6.07) is 0.263. The summed E-state index contributed by atoms with van der Waals surface area (Å²) >= 11 is 0. The second-order valence-electron chi connectivity index (χ2n) is 7.08. The number of nitrogens with zero attached hydrogens (tertiary/aromatic N) is 6. The molecule has 1 aliphatic heterocycles. The lowest BCUT2D eigenvalue weighted by atomic mass is 9.93. The predicted octanol–water partition coefficient (Wildman–Crippen LogP) is 1.91. The maximum Gasteiger partial charge on any atom is 0.281 e. The van der Waals surface area contributed by atoms with Crippen LogP contribution in [0.25, 0.3) is 11.3 Å². The Hall–Kier alpha value is -1.84. The molecule has 3 heterocycles. The van der Waals surface area contributed by atoms with E-state index in [0.29, 0.717) is 13.1 Å². The number of hydrogen-bond donors (Lipinski definition) is 0. The molecule has 0 saturated carbocycles. The first-order valence-electron chi connectivity index (χ1n) is 8.83. The maximum absolute atomic E-state index is 12.5. The zero-order chi connectivity index (χ0) is 18.9. The molecule has 8 nitrogen and oxygen atoms in total. The topological polar surface area (TPSA) is 84.2 Å². The summed E-state index contributed by atoms with van der Waals surface area (Å²) in [5.41, 5.74) is 2.54. The summed E-state index contributed by atoms with van der Waals surface area (Å²) in [5, 5.41) is 4.39. The fraction of sp³-hybridized carbons (Fsp3) is 0.588. The van der Waals surface area contributed by atoms with Crippen molar-refractivity contribution in [2.45, 2.75) is 38.6 Å². The number of hydrogen-bond acceptors (Lipinski definition) is 5. The molecule has 0 spiro atoms. The Kier molecular flexibility index (Phi) is 5.40. The van der Waals surface area contributed by atoms with E-state index in [9.17, 15) is 8.42 Å².